The number of halogens is 1. The topological polar surface area (TPSA) is 111 Å². The lowest BCUT2D eigenvalue weighted by molar-refractivity contribution is -0.119. The van der Waals surface area contributed by atoms with Crippen LogP contribution in [-0.2, 0) is 22.4 Å². The SMILES string of the molecule is NC(=O)c1c(NC(=O)COC(=O)c2cccnc2Cl)sc2c1CCC2. The number of thiophene rings is 1. The highest BCUT2D eigenvalue weighted by Crippen LogP contribution is 2.38. The fourth-order valence-corrected chi connectivity index (χ4v) is 4.17. The van der Waals surface area contributed by atoms with E-state index in [-0.39, 0.29) is 10.7 Å². The number of fused-ring (bicyclic) bond motifs is 1. The molecular weight excluding hydrogens is 366 g/mol. The molecule has 9 heteroatoms. The molecule has 25 heavy (non-hydrogen) atoms. The fourth-order valence-electron chi connectivity index (χ4n) is 2.66. The summed E-state index contributed by atoms with van der Waals surface area (Å²) in [4.78, 5) is 40.5. The minimum Gasteiger partial charge on any atom is -0.452 e. The second kappa shape index (κ2) is 7.20. The van der Waals surface area contributed by atoms with E-state index in [9.17, 15) is 14.4 Å². The Hall–Kier alpha value is -2.45. The number of aromatic nitrogens is 1. The van der Waals surface area contributed by atoms with Crippen molar-refractivity contribution in [3.63, 3.8) is 0 Å². The number of nitrogens with zero attached hydrogens (tertiary/aromatic N) is 1. The van der Waals surface area contributed by atoms with Crippen LogP contribution in [0.25, 0.3) is 0 Å². The molecule has 130 valence electrons. The van der Waals surface area contributed by atoms with Gasteiger partial charge in [-0.25, -0.2) is 9.78 Å². The Morgan fingerprint density at radius 1 is 1.36 bits per heavy atom. The number of aryl methyl sites for hydroxylation is 1. The number of esters is 1. The van der Waals surface area contributed by atoms with E-state index >= 15 is 0 Å². The van der Waals surface area contributed by atoms with Crippen LogP contribution in [0.3, 0.4) is 0 Å². The lowest BCUT2D eigenvalue weighted by Crippen LogP contribution is -2.23. The summed E-state index contributed by atoms with van der Waals surface area (Å²) in [6.07, 6.45) is 4.05. The van der Waals surface area contributed by atoms with E-state index < -0.39 is 24.4 Å². The predicted molar refractivity (Wildman–Crippen MR) is 93.0 cm³/mol. The van der Waals surface area contributed by atoms with Crippen LogP contribution in [0.1, 0.15) is 37.6 Å². The number of hydrogen-bond donors (Lipinski definition) is 2. The number of carbonyl (C=O) groups is 3. The van der Waals surface area contributed by atoms with Crippen LogP contribution in [0, 0.1) is 0 Å². The van der Waals surface area contributed by atoms with Gasteiger partial charge in [0.1, 0.15) is 10.2 Å². The standard InChI is InChI=1S/C16H14ClN3O4S/c17-13-9(4-2-6-19-13)16(23)24-7-11(21)20-15-12(14(18)22)8-3-1-5-10(8)25-15/h2,4,6H,1,3,5,7H2,(H2,18,22)(H,20,21). The number of primary amides is 1. The van der Waals surface area contributed by atoms with E-state index in [0.717, 1.165) is 29.7 Å². The molecule has 1 aliphatic rings. The molecule has 2 heterocycles. The lowest BCUT2D eigenvalue weighted by Gasteiger charge is -2.07. The molecule has 2 aromatic heterocycles. The van der Waals surface area contributed by atoms with Crippen molar-refractivity contribution in [2.45, 2.75) is 19.3 Å². The molecule has 0 atom stereocenters. The molecule has 3 rings (SSSR count). The van der Waals surface area contributed by atoms with Crippen LogP contribution in [0.15, 0.2) is 18.3 Å². The first kappa shape index (κ1) is 17.4. The van der Waals surface area contributed by atoms with E-state index in [0.29, 0.717) is 10.6 Å². The molecule has 2 amide bonds. The first-order chi connectivity index (χ1) is 12.0. The Balaban J connectivity index is 1.65. The first-order valence-electron chi connectivity index (χ1n) is 7.49. The number of rotatable bonds is 5. The Morgan fingerprint density at radius 2 is 2.16 bits per heavy atom. The lowest BCUT2D eigenvalue weighted by atomic mass is 10.1. The minimum atomic E-state index is -0.753. The molecule has 0 bridgehead atoms. The van der Waals surface area contributed by atoms with Crippen molar-refractivity contribution in [3.05, 3.63) is 45.1 Å². The molecule has 1 aliphatic carbocycles. The van der Waals surface area contributed by atoms with E-state index in [2.05, 4.69) is 10.3 Å². The number of hydrogen-bond acceptors (Lipinski definition) is 6. The quantitative estimate of drug-likeness (QED) is 0.611. The Bertz CT molecular complexity index is 865. The maximum atomic E-state index is 12.1. The van der Waals surface area contributed by atoms with Gasteiger partial charge >= 0.3 is 5.97 Å². The maximum Gasteiger partial charge on any atom is 0.341 e. The van der Waals surface area contributed by atoms with Gasteiger partial charge in [0.05, 0.1) is 11.1 Å². The van der Waals surface area contributed by atoms with Crippen molar-refractivity contribution in [2.24, 2.45) is 5.73 Å². The Labute approximate surface area is 152 Å². The van der Waals surface area contributed by atoms with Gasteiger partial charge in [0.25, 0.3) is 11.8 Å². The molecule has 0 unspecified atom stereocenters. The average Bonchev–Trinajstić information content (AvgIpc) is 3.13. The smallest absolute Gasteiger partial charge is 0.341 e. The molecule has 0 fully saturated rings. The summed E-state index contributed by atoms with van der Waals surface area (Å²) in [6, 6.07) is 2.99. The maximum absolute atomic E-state index is 12.1. The molecule has 0 saturated heterocycles. The van der Waals surface area contributed by atoms with E-state index in [1.807, 2.05) is 0 Å². The first-order valence-corrected chi connectivity index (χ1v) is 8.68. The molecular formula is C16H14ClN3O4S. The van der Waals surface area contributed by atoms with Crippen molar-refractivity contribution in [3.8, 4) is 0 Å². The van der Waals surface area contributed by atoms with Gasteiger partial charge in [-0.05, 0) is 37.0 Å². The minimum absolute atomic E-state index is 0.00129. The highest BCUT2D eigenvalue weighted by atomic mass is 35.5. The largest absolute Gasteiger partial charge is 0.452 e. The van der Waals surface area contributed by atoms with E-state index in [4.69, 9.17) is 22.1 Å². The molecule has 2 aromatic rings. The normalized spacial score (nSPS) is 12.5. The van der Waals surface area contributed by atoms with Crippen molar-refractivity contribution in [2.75, 3.05) is 11.9 Å². The summed E-state index contributed by atoms with van der Waals surface area (Å²) < 4.78 is 4.93. The van der Waals surface area contributed by atoms with Crippen molar-refractivity contribution >= 4 is 45.7 Å². The summed E-state index contributed by atoms with van der Waals surface area (Å²) >= 11 is 7.13. The van der Waals surface area contributed by atoms with Gasteiger partial charge in [-0.1, -0.05) is 11.6 Å². The van der Waals surface area contributed by atoms with Crippen molar-refractivity contribution in [1.82, 2.24) is 4.98 Å². The summed E-state index contributed by atoms with van der Waals surface area (Å²) in [7, 11) is 0. The molecule has 0 radical (unpaired) electrons. The van der Waals surface area contributed by atoms with Gasteiger partial charge in [0.15, 0.2) is 6.61 Å². The van der Waals surface area contributed by atoms with Crippen LogP contribution >= 0.6 is 22.9 Å². The summed E-state index contributed by atoms with van der Waals surface area (Å²) in [5.74, 6) is -1.89. The van der Waals surface area contributed by atoms with Crippen molar-refractivity contribution in [1.29, 1.82) is 0 Å². The highest BCUT2D eigenvalue weighted by Gasteiger charge is 2.26. The summed E-state index contributed by atoms with van der Waals surface area (Å²) in [5.41, 5.74) is 6.77. The zero-order chi connectivity index (χ0) is 18.0. The zero-order valence-electron chi connectivity index (χ0n) is 13.0. The molecule has 3 N–H and O–H groups in total. The number of nitrogens with two attached hydrogens (primary N) is 1. The number of nitrogens with one attached hydrogen (secondary N) is 1. The second-order valence-electron chi connectivity index (χ2n) is 5.39. The monoisotopic (exact) mass is 379 g/mol. The Morgan fingerprint density at radius 3 is 2.88 bits per heavy atom. The van der Waals surface area contributed by atoms with Crippen LogP contribution in [0.2, 0.25) is 5.15 Å². The molecule has 7 nitrogen and oxygen atoms in total. The molecule has 0 saturated carbocycles. The zero-order valence-corrected chi connectivity index (χ0v) is 14.6. The number of carbonyl (C=O) groups excluding carboxylic acids is 3. The second-order valence-corrected chi connectivity index (χ2v) is 6.85. The number of amides is 2. The fraction of sp³-hybridized carbons (Fsp3) is 0.250. The highest BCUT2D eigenvalue weighted by molar-refractivity contribution is 7.17. The van der Waals surface area contributed by atoms with Crippen LogP contribution in [-0.4, -0.2) is 29.4 Å². The third-order valence-electron chi connectivity index (χ3n) is 3.73. The van der Waals surface area contributed by atoms with Gasteiger partial charge < -0.3 is 15.8 Å². The van der Waals surface area contributed by atoms with E-state index in [1.165, 1.54) is 29.7 Å². The number of pyridine rings is 1. The molecule has 0 aromatic carbocycles. The van der Waals surface area contributed by atoms with Crippen LogP contribution in [0.5, 0.6) is 0 Å². The number of anilines is 1. The molecule has 0 aliphatic heterocycles. The van der Waals surface area contributed by atoms with Gasteiger partial charge in [-0.3, -0.25) is 9.59 Å². The van der Waals surface area contributed by atoms with Crippen LogP contribution < -0.4 is 11.1 Å². The Kier molecular flexibility index (Phi) is 5.00. The average molecular weight is 380 g/mol. The van der Waals surface area contributed by atoms with Gasteiger partial charge in [-0.2, -0.15) is 0 Å². The summed E-state index contributed by atoms with van der Waals surface area (Å²) in [6.45, 7) is -0.509. The third-order valence-corrected chi connectivity index (χ3v) is 5.24. The van der Waals surface area contributed by atoms with Crippen molar-refractivity contribution < 1.29 is 19.1 Å². The van der Waals surface area contributed by atoms with Gasteiger partial charge in [0.2, 0.25) is 0 Å². The third kappa shape index (κ3) is 3.64. The molecule has 0 spiro atoms. The van der Waals surface area contributed by atoms with Gasteiger partial charge in [0, 0.05) is 11.1 Å². The van der Waals surface area contributed by atoms with E-state index in [1.54, 1.807) is 0 Å². The van der Waals surface area contributed by atoms with Crippen LogP contribution in [0.4, 0.5) is 5.00 Å². The summed E-state index contributed by atoms with van der Waals surface area (Å²) in [5, 5.41) is 2.99. The number of ether oxygens (including phenoxy) is 1. The van der Waals surface area contributed by atoms with Gasteiger partial charge in [-0.15, -0.1) is 11.3 Å². The predicted octanol–water partition coefficient (Wildman–Crippen LogP) is 2.18.